The first kappa shape index (κ1) is 26.9. The summed E-state index contributed by atoms with van der Waals surface area (Å²) in [6.07, 6.45) is 0. The summed E-state index contributed by atoms with van der Waals surface area (Å²) in [5, 5.41) is 0. The van der Waals surface area contributed by atoms with Crippen LogP contribution < -0.4 is 9.47 Å². The highest BCUT2D eigenvalue weighted by atomic mass is 16.5. The van der Waals surface area contributed by atoms with Gasteiger partial charge in [0.05, 0.1) is 39.6 Å². The topological polar surface area (TPSA) is 72.5 Å². The maximum Gasteiger partial charge on any atom is 0.279 e. The van der Waals surface area contributed by atoms with Gasteiger partial charge in [0.15, 0.2) is 0 Å². The van der Waals surface area contributed by atoms with Gasteiger partial charge < -0.3 is 28.4 Å². The molecule has 2 aromatic rings. The lowest BCUT2D eigenvalue weighted by Gasteiger charge is -2.06. The first-order valence-corrected chi connectivity index (χ1v) is 10.9. The Kier molecular flexibility index (Phi) is 13.6. The Morgan fingerprint density at radius 1 is 0.588 bits per heavy atom. The number of ether oxygens (including phenoxy) is 6. The molecule has 0 saturated carbocycles. The van der Waals surface area contributed by atoms with Crippen LogP contribution in [0.1, 0.15) is 11.1 Å². The van der Waals surface area contributed by atoms with Gasteiger partial charge in [-0.05, 0) is 60.4 Å². The van der Waals surface area contributed by atoms with Gasteiger partial charge in [0.1, 0.15) is 24.7 Å². The standard InChI is InChI=1S/C27H30O7/c1-29-15-17-31-19-21-33-26-11-5-23(6-12-26)3-9-25(28)10-4-24-7-13-27(14-8-24)34-22-20-32-18-16-30-2/h5-8,11-14H,15-22H2,1-2H3. The van der Waals surface area contributed by atoms with Gasteiger partial charge in [-0.2, -0.15) is 0 Å². The molecule has 180 valence electrons. The Labute approximate surface area is 201 Å². The van der Waals surface area contributed by atoms with Crippen molar-refractivity contribution in [3.63, 3.8) is 0 Å². The number of ketones is 1. The van der Waals surface area contributed by atoms with Gasteiger partial charge >= 0.3 is 0 Å². The molecule has 7 heteroatoms. The molecule has 0 atom stereocenters. The zero-order valence-corrected chi connectivity index (χ0v) is 19.6. The zero-order valence-electron chi connectivity index (χ0n) is 19.6. The zero-order chi connectivity index (χ0) is 24.3. The summed E-state index contributed by atoms with van der Waals surface area (Å²) < 4.78 is 31.6. The third-order valence-electron chi connectivity index (χ3n) is 4.21. The van der Waals surface area contributed by atoms with Crippen LogP contribution in [-0.2, 0) is 23.7 Å². The average Bonchev–Trinajstić information content (AvgIpc) is 2.87. The predicted octanol–water partition coefficient (Wildman–Crippen LogP) is 2.74. The van der Waals surface area contributed by atoms with Crippen LogP contribution in [0.15, 0.2) is 48.5 Å². The second kappa shape index (κ2) is 17.2. The molecule has 0 fully saturated rings. The van der Waals surface area contributed by atoms with E-state index in [4.69, 9.17) is 28.4 Å². The van der Waals surface area contributed by atoms with Crippen molar-refractivity contribution in [1.82, 2.24) is 0 Å². The average molecular weight is 467 g/mol. The van der Waals surface area contributed by atoms with E-state index in [1.807, 2.05) is 0 Å². The Hall–Kier alpha value is -3.33. The van der Waals surface area contributed by atoms with E-state index >= 15 is 0 Å². The molecule has 0 bridgehead atoms. The number of carbonyl (C=O) groups is 1. The van der Waals surface area contributed by atoms with Gasteiger partial charge in [0.25, 0.3) is 5.78 Å². The van der Waals surface area contributed by atoms with E-state index in [0.29, 0.717) is 75.5 Å². The van der Waals surface area contributed by atoms with E-state index < -0.39 is 5.78 Å². The quantitative estimate of drug-likeness (QED) is 0.313. The molecule has 0 spiro atoms. The minimum atomic E-state index is -0.456. The fourth-order valence-corrected chi connectivity index (χ4v) is 2.48. The SMILES string of the molecule is COCCOCCOc1ccc(C#CC(=O)C#Cc2ccc(OCCOCCOC)cc2)cc1. The summed E-state index contributed by atoms with van der Waals surface area (Å²) >= 11 is 0. The normalized spacial score (nSPS) is 9.94. The van der Waals surface area contributed by atoms with Crippen LogP contribution >= 0.6 is 0 Å². The highest BCUT2D eigenvalue weighted by molar-refractivity contribution is 6.09. The van der Waals surface area contributed by atoms with Crippen molar-refractivity contribution in [2.24, 2.45) is 0 Å². The number of carbonyl (C=O) groups excluding carboxylic acids is 1. The minimum Gasteiger partial charge on any atom is -0.491 e. The van der Waals surface area contributed by atoms with Crippen LogP contribution in [0.25, 0.3) is 0 Å². The van der Waals surface area contributed by atoms with Crippen molar-refractivity contribution in [2.45, 2.75) is 0 Å². The molecule has 0 aliphatic heterocycles. The van der Waals surface area contributed by atoms with Gasteiger partial charge in [-0.1, -0.05) is 11.8 Å². The summed E-state index contributed by atoms with van der Waals surface area (Å²) in [6.45, 7) is 4.05. The molecule has 0 aromatic heterocycles. The summed E-state index contributed by atoms with van der Waals surface area (Å²) in [5.74, 6) is 11.7. The molecule has 2 rings (SSSR count). The van der Waals surface area contributed by atoms with E-state index in [0.717, 1.165) is 0 Å². The Balaban J connectivity index is 1.73. The molecule has 34 heavy (non-hydrogen) atoms. The predicted molar refractivity (Wildman–Crippen MR) is 128 cm³/mol. The molecule has 0 aliphatic rings. The maximum atomic E-state index is 12.0. The smallest absolute Gasteiger partial charge is 0.279 e. The molecule has 0 heterocycles. The number of Topliss-reactive ketones (excluding diaryl/α,β-unsaturated/α-hetero) is 1. The highest BCUT2D eigenvalue weighted by Crippen LogP contribution is 2.12. The van der Waals surface area contributed by atoms with Crippen LogP contribution in [0.4, 0.5) is 0 Å². The first-order chi connectivity index (χ1) is 16.7. The summed E-state index contributed by atoms with van der Waals surface area (Å²) in [4.78, 5) is 12.0. The molecule has 0 N–H and O–H groups in total. The minimum absolute atomic E-state index is 0.444. The van der Waals surface area contributed by atoms with Crippen molar-refractivity contribution in [3.8, 4) is 35.2 Å². The van der Waals surface area contributed by atoms with Crippen molar-refractivity contribution in [2.75, 3.05) is 67.1 Å². The molecular weight excluding hydrogens is 436 g/mol. The molecule has 0 unspecified atom stereocenters. The van der Waals surface area contributed by atoms with Gasteiger partial charge in [-0.15, -0.1) is 0 Å². The number of methoxy groups -OCH3 is 2. The molecule has 7 nitrogen and oxygen atoms in total. The van der Waals surface area contributed by atoms with E-state index in [1.165, 1.54) is 0 Å². The van der Waals surface area contributed by atoms with Crippen molar-refractivity contribution in [3.05, 3.63) is 59.7 Å². The fourth-order valence-electron chi connectivity index (χ4n) is 2.48. The molecule has 0 aliphatic carbocycles. The van der Waals surface area contributed by atoms with E-state index in [9.17, 15) is 4.79 Å². The number of benzene rings is 2. The lowest BCUT2D eigenvalue weighted by atomic mass is 10.2. The van der Waals surface area contributed by atoms with Crippen LogP contribution in [0.5, 0.6) is 11.5 Å². The lowest BCUT2D eigenvalue weighted by molar-refractivity contribution is -0.108. The van der Waals surface area contributed by atoms with Gasteiger partial charge in [-0.25, -0.2) is 0 Å². The fraction of sp³-hybridized carbons (Fsp3) is 0.370. The number of hydrogen-bond acceptors (Lipinski definition) is 7. The maximum absolute atomic E-state index is 12.0. The summed E-state index contributed by atoms with van der Waals surface area (Å²) in [6, 6.07) is 14.3. The van der Waals surface area contributed by atoms with Gasteiger partial charge in [0, 0.05) is 25.3 Å². The van der Waals surface area contributed by atoms with Gasteiger partial charge in [-0.3, -0.25) is 4.79 Å². The second-order valence-electron chi connectivity index (χ2n) is 6.79. The van der Waals surface area contributed by atoms with Crippen LogP contribution in [0, 0.1) is 23.7 Å². The second-order valence-corrected chi connectivity index (χ2v) is 6.79. The van der Waals surface area contributed by atoms with Crippen LogP contribution in [-0.4, -0.2) is 72.9 Å². The van der Waals surface area contributed by atoms with E-state index in [-0.39, 0.29) is 0 Å². The van der Waals surface area contributed by atoms with Gasteiger partial charge in [0.2, 0.25) is 0 Å². The number of hydrogen-bond donors (Lipinski definition) is 0. The Bertz CT molecular complexity index is 881. The third-order valence-corrected chi connectivity index (χ3v) is 4.21. The summed E-state index contributed by atoms with van der Waals surface area (Å²) in [5.41, 5.74) is 1.40. The lowest BCUT2D eigenvalue weighted by Crippen LogP contribution is -2.09. The molecule has 2 aromatic carbocycles. The van der Waals surface area contributed by atoms with E-state index in [2.05, 4.69) is 23.7 Å². The van der Waals surface area contributed by atoms with Crippen molar-refractivity contribution < 1.29 is 33.2 Å². The Morgan fingerprint density at radius 3 is 1.35 bits per heavy atom. The van der Waals surface area contributed by atoms with Crippen molar-refractivity contribution >= 4 is 5.78 Å². The van der Waals surface area contributed by atoms with Crippen LogP contribution in [0.3, 0.4) is 0 Å². The molecule has 0 saturated heterocycles. The monoisotopic (exact) mass is 466 g/mol. The number of rotatable bonds is 14. The first-order valence-electron chi connectivity index (χ1n) is 10.9. The van der Waals surface area contributed by atoms with Crippen LogP contribution in [0.2, 0.25) is 0 Å². The summed E-state index contributed by atoms with van der Waals surface area (Å²) in [7, 11) is 3.26. The largest absolute Gasteiger partial charge is 0.491 e. The Morgan fingerprint density at radius 2 is 0.971 bits per heavy atom. The molecular formula is C27H30O7. The van der Waals surface area contributed by atoms with E-state index in [1.54, 1.807) is 62.8 Å². The van der Waals surface area contributed by atoms with Crippen molar-refractivity contribution in [1.29, 1.82) is 0 Å². The highest BCUT2D eigenvalue weighted by Gasteiger charge is 1.97. The third kappa shape index (κ3) is 12.1. The molecule has 0 amide bonds. The molecule has 0 radical (unpaired) electrons.